The lowest BCUT2D eigenvalue weighted by atomic mass is 10.0. The van der Waals surface area contributed by atoms with Gasteiger partial charge in [0, 0.05) is 37.6 Å². The molecule has 1 fully saturated rings. The normalized spacial score (nSPS) is 17.2. The first-order valence-corrected chi connectivity index (χ1v) is 8.34. The van der Waals surface area contributed by atoms with Crippen LogP contribution in [0.15, 0.2) is 42.7 Å². The molecule has 1 atom stereocenters. The van der Waals surface area contributed by atoms with Gasteiger partial charge in [0.25, 0.3) is 0 Å². The molecule has 1 aromatic carbocycles. The zero-order valence-electron chi connectivity index (χ0n) is 14.6. The van der Waals surface area contributed by atoms with Crippen LogP contribution in [0.2, 0.25) is 0 Å². The molecule has 6 heteroatoms. The Bertz CT molecular complexity index is 699. The maximum atomic E-state index is 13.1. The first kappa shape index (κ1) is 17.2. The minimum atomic E-state index is -0.0179. The van der Waals surface area contributed by atoms with Crippen molar-refractivity contribution in [2.45, 2.75) is 12.5 Å². The molecule has 1 aliphatic rings. The van der Waals surface area contributed by atoms with E-state index in [1.54, 1.807) is 20.4 Å². The molecule has 1 unspecified atom stereocenters. The Morgan fingerprint density at radius 2 is 2.00 bits per heavy atom. The van der Waals surface area contributed by atoms with Crippen LogP contribution in [0.4, 0.5) is 0 Å². The summed E-state index contributed by atoms with van der Waals surface area (Å²) in [5, 5.41) is 3.36. The van der Waals surface area contributed by atoms with E-state index in [0.29, 0.717) is 18.0 Å². The first-order valence-electron chi connectivity index (χ1n) is 8.34. The van der Waals surface area contributed by atoms with Gasteiger partial charge in [0.15, 0.2) is 0 Å². The van der Waals surface area contributed by atoms with Gasteiger partial charge in [-0.1, -0.05) is 12.1 Å². The number of nitrogens with zero attached hydrogens (tertiary/aromatic N) is 2. The molecular weight excluding hydrogens is 318 g/mol. The second-order valence-electron chi connectivity index (χ2n) is 5.91. The van der Waals surface area contributed by atoms with Gasteiger partial charge in [0.1, 0.15) is 11.5 Å². The van der Waals surface area contributed by atoms with E-state index in [2.05, 4.69) is 10.3 Å². The molecule has 0 saturated carbocycles. The molecule has 1 amide bonds. The van der Waals surface area contributed by atoms with E-state index in [1.807, 2.05) is 41.4 Å². The van der Waals surface area contributed by atoms with Crippen molar-refractivity contribution in [3.05, 3.63) is 53.9 Å². The third-order valence-corrected chi connectivity index (χ3v) is 4.49. The molecule has 0 radical (unpaired) electrons. The van der Waals surface area contributed by atoms with E-state index in [1.165, 1.54) is 0 Å². The fourth-order valence-electron chi connectivity index (χ4n) is 3.23. The van der Waals surface area contributed by atoms with Crippen molar-refractivity contribution in [2.24, 2.45) is 0 Å². The molecule has 2 heterocycles. The van der Waals surface area contributed by atoms with E-state index in [0.717, 1.165) is 24.2 Å². The number of pyridine rings is 1. The molecule has 132 valence electrons. The smallest absolute Gasteiger partial charge is 0.227 e. The molecular formula is C19H23N3O3. The van der Waals surface area contributed by atoms with Crippen LogP contribution in [-0.2, 0) is 11.2 Å². The van der Waals surface area contributed by atoms with Crippen molar-refractivity contribution in [3.63, 3.8) is 0 Å². The zero-order valence-corrected chi connectivity index (χ0v) is 14.6. The highest BCUT2D eigenvalue weighted by Crippen LogP contribution is 2.30. The van der Waals surface area contributed by atoms with Crippen molar-refractivity contribution in [1.29, 1.82) is 0 Å². The summed E-state index contributed by atoms with van der Waals surface area (Å²) in [6.07, 6.45) is 3.80. The summed E-state index contributed by atoms with van der Waals surface area (Å²) in [6, 6.07) is 9.44. The standard InChI is InChI=1S/C19H23N3O3/c1-24-17-6-3-7-18(25-2)15(17)11-19(23)22-10-9-21-13-16(22)14-5-4-8-20-12-14/h3-8,12,16,21H,9-11,13H2,1-2H3. The van der Waals surface area contributed by atoms with Gasteiger partial charge in [0.05, 0.1) is 26.7 Å². The number of methoxy groups -OCH3 is 2. The fourth-order valence-corrected chi connectivity index (χ4v) is 3.23. The summed E-state index contributed by atoms with van der Waals surface area (Å²) >= 11 is 0. The Balaban J connectivity index is 1.85. The van der Waals surface area contributed by atoms with Crippen LogP contribution in [0.5, 0.6) is 11.5 Å². The predicted octanol–water partition coefficient (Wildman–Crippen LogP) is 1.81. The van der Waals surface area contributed by atoms with Crippen LogP contribution in [0.1, 0.15) is 17.2 Å². The Kier molecular flexibility index (Phi) is 5.50. The maximum Gasteiger partial charge on any atom is 0.227 e. The monoisotopic (exact) mass is 341 g/mol. The number of aromatic nitrogens is 1. The van der Waals surface area contributed by atoms with Crippen molar-refractivity contribution < 1.29 is 14.3 Å². The van der Waals surface area contributed by atoms with Gasteiger partial charge in [-0.2, -0.15) is 0 Å². The van der Waals surface area contributed by atoms with Crippen molar-refractivity contribution in [3.8, 4) is 11.5 Å². The molecule has 3 rings (SSSR count). The summed E-state index contributed by atoms with van der Waals surface area (Å²) in [6.45, 7) is 2.17. The summed E-state index contributed by atoms with van der Waals surface area (Å²) in [4.78, 5) is 19.2. The third-order valence-electron chi connectivity index (χ3n) is 4.49. The topological polar surface area (TPSA) is 63.7 Å². The van der Waals surface area contributed by atoms with Crippen LogP contribution in [-0.4, -0.2) is 49.6 Å². The lowest BCUT2D eigenvalue weighted by Gasteiger charge is -2.36. The molecule has 0 bridgehead atoms. The molecule has 2 aromatic rings. The van der Waals surface area contributed by atoms with Crippen LogP contribution in [0, 0.1) is 0 Å². The molecule has 0 aliphatic carbocycles. The number of carbonyl (C=O) groups excluding carboxylic acids is 1. The zero-order chi connectivity index (χ0) is 17.6. The highest BCUT2D eigenvalue weighted by Gasteiger charge is 2.29. The van der Waals surface area contributed by atoms with Gasteiger partial charge in [-0.15, -0.1) is 0 Å². The van der Waals surface area contributed by atoms with E-state index in [-0.39, 0.29) is 18.4 Å². The number of hydrogen-bond acceptors (Lipinski definition) is 5. The molecule has 6 nitrogen and oxygen atoms in total. The van der Waals surface area contributed by atoms with E-state index >= 15 is 0 Å². The number of benzene rings is 1. The Labute approximate surface area is 147 Å². The van der Waals surface area contributed by atoms with Crippen LogP contribution < -0.4 is 14.8 Å². The first-order chi connectivity index (χ1) is 12.2. The SMILES string of the molecule is COc1cccc(OC)c1CC(=O)N1CCNCC1c1cccnc1. The molecule has 25 heavy (non-hydrogen) atoms. The highest BCUT2D eigenvalue weighted by molar-refractivity contribution is 5.81. The Morgan fingerprint density at radius 1 is 1.24 bits per heavy atom. The van der Waals surface area contributed by atoms with Crippen LogP contribution >= 0.6 is 0 Å². The number of hydrogen-bond donors (Lipinski definition) is 1. The summed E-state index contributed by atoms with van der Waals surface area (Å²) in [5.74, 6) is 1.39. The Morgan fingerprint density at radius 3 is 2.64 bits per heavy atom. The molecule has 1 aromatic heterocycles. The van der Waals surface area contributed by atoms with E-state index < -0.39 is 0 Å². The Hall–Kier alpha value is -2.60. The van der Waals surface area contributed by atoms with Gasteiger partial charge in [-0.25, -0.2) is 0 Å². The highest BCUT2D eigenvalue weighted by atomic mass is 16.5. The molecule has 1 N–H and O–H groups in total. The summed E-state index contributed by atoms with van der Waals surface area (Å²) < 4.78 is 10.8. The lowest BCUT2D eigenvalue weighted by Crippen LogP contribution is -2.49. The van der Waals surface area contributed by atoms with Crippen LogP contribution in [0.25, 0.3) is 0 Å². The number of rotatable bonds is 5. The van der Waals surface area contributed by atoms with Gasteiger partial charge in [-0.05, 0) is 23.8 Å². The third kappa shape index (κ3) is 3.74. The van der Waals surface area contributed by atoms with Crippen molar-refractivity contribution in [1.82, 2.24) is 15.2 Å². The quantitative estimate of drug-likeness (QED) is 0.899. The average molecular weight is 341 g/mol. The predicted molar refractivity (Wildman–Crippen MR) is 94.8 cm³/mol. The van der Waals surface area contributed by atoms with Gasteiger partial charge in [-0.3, -0.25) is 9.78 Å². The summed E-state index contributed by atoms with van der Waals surface area (Å²) in [7, 11) is 3.21. The van der Waals surface area contributed by atoms with Crippen molar-refractivity contribution in [2.75, 3.05) is 33.9 Å². The van der Waals surface area contributed by atoms with E-state index in [4.69, 9.17) is 9.47 Å². The number of amides is 1. The second-order valence-corrected chi connectivity index (χ2v) is 5.91. The van der Waals surface area contributed by atoms with Gasteiger partial charge in [0.2, 0.25) is 5.91 Å². The maximum absolute atomic E-state index is 13.1. The fraction of sp³-hybridized carbons (Fsp3) is 0.368. The molecule has 1 saturated heterocycles. The van der Waals surface area contributed by atoms with Crippen LogP contribution in [0.3, 0.4) is 0 Å². The molecule has 0 spiro atoms. The van der Waals surface area contributed by atoms with Gasteiger partial charge < -0.3 is 19.7 Å². The number of carbonyl (C=O) groups is 1. The summed E-state index contributed by atoms with van der Waals surface area (Å²) in [5.41, 5.74) is 1.82. The average Bonchev–Trinajstić information content (AvgIpc) is 2.68. The minimum absolute atomic E-state index is 0.0179. The lowest BCUT2D eigenvalue weighted by molar-refractivity contribution is -0.133. The number of piperazine rings is 1. The largest absolute Gasteiger partial charge is 0.496 e. The number of nitrogens with one attached hydrogen (secondary N) is 1. The van der Waals surface area contributed by atoms with Crippen molar-refractivity contribution >= 4 is 5.91 Å². The van der Waals surface area contributed by atoms with Gasteiger partial charge >= 0.3 is 0 Å². The van der Waals surface area contributed by atoms with E-state index in [9.17, 15) is 4.79 Å². The second kappa shape index (κ2) is 7.98. The number of ether oxygens (including phenoxy) is 2. The molecule has 1 aliphatic heterocycles. The minimum Gasteiger partial charge on any atom is -0.496 e.